The summed E-state index contributed by atoms with van der Waals surface area (Å²) in [6.07, 6.45) is 0. The standard InChI is InChI=1S/C13H11NO4S/c14-12(15)9-3-1-2-8(6-9)7-18-10-4-5-19-11(10)13(16)17/h1-6H,7H2,(H2,14,15)(H,16,17). The highest BCUT2D eigenvalue weighted by molar-refractivity contribution is 7.12. The van der Waals surface area contributed by atoms with Gasteiger partial charge in [0.15, 0.2) is 4.88 Å². The molecule has 19 heavy (non-hydrogen) atoms. The van der Waals surface area contributed by atoms with Crippen LogP contribution in [-0.4, -0.2) is 17.0 Å². The number of carboxylic acids is 1. The summed E-state index contributed by atoms with van der Waals surface area (Å²) in [4.78, 5) is 22.1. The topological polar surface area (TPSA) is 89.6 Å². The molecular formula is C13H11NO4S. The molecule has 0 aliphatic heterocycles. The van der Waals surface area contributed by atoms with E-state index in [1.165, 1.54) is 0 Å². The van der Waals surface area contributed by atoms with Crippen LogP contribution < -0.4 is 10.5 Å². The molecule has 0 bridgehead atoms. The predicted molar refractivity (Wildman–Crippen MR) is 70.6 cm³/mol. The third-order valence-electron chi connectivity index (χ3n) is 2.43. The minimum Gasteiger partial charge on any atom is -0.487 e. The first-order chi connectivity index (χ1) is 9.08. The van der Waals surface area contributed by atoms with E-state index in [4.69, 9.17) is 15.6 Å². The molecule has 2 aromatic rings. The monoisotopic (exact) mass is 277 g/mol. The minimum absolute atomic E-state index is 0.158. The van der Waals surface area contributed by atoms with Gasteiger partial charge in [-0.2, -0.15) is 0 Å². The number of aromatic carboxylic acids is 1. The first-order valence-electron chi connectivity index (χ1n) is 5.40. The first-order valence-corrected chi connectivity index (χ1v) is 6.28. The van der Waals surface area contributed by atoms with Crippen LogP contribution in [0, 0.1) is 0 Å². The fourth-order valence-corrected chi connectivity index (χ4v) is 2.21. The van der Waals surface area contributed by atoms with E-state index in [9.17, 15) is 9.59 Å². The smallest absolute Gasteiger partial charge is 0.349 e. The molecule has 6 heteroatoms. The van der Waals surface area contributed by atoms with E-state index < -0.39 is 11.9 Å². The van der Waals surface area contributed by atoms with Crippen molar-refractivity contribution >= 4 is 23.2 Å². The van der Waals surface area contributed by atoms with Crippen molar-refractivity contribution in [2.75, 3.05) is 0 Å². The summed E-state index contributed by atoms with van der Waals surface area (Å²) >= 11 is 1.10. The van der Waals surface area contributed by atoms with Crippen molar-refractivity contribution in [3.8, 4) is 5.75 Å². The maximum atomic E-state index is 11.0. The molecule has 0 unspecified atom stereocenters. The van der Waals surface area contributed by atoms with Gasteiger partial charge < -0.3 is 15.6 Å². The van der Waals surface area contributed by atoms with E-state index in [1.54, 1.807) is 35.7 Å². The van der Waals surface area contributed by atoms with Crippen molar-refractivity contribution < 1.29 is 19.4 Å². The van der Waals surface area contributed by atoms with Gasteiger partial charge in [0.05, 0.1) is 0 Å². The molecule has 1 aromatic carbocycles. The number of carbonyl (C=O) groups excluding carboxylic acids is 1. The van der Waals surface area contributed by atoms with E-state index in [2.05, 4.69) is 0 Å². The number of rotatable bonds is 5. The SMILES string of the molecule is NC(=O)c1cccc(COc2ccsc2C(=O)O)c1. The Morgan fingerprint density at radius 1 is 1.32 bits per heavy atom. The number of benzene rings is 1. The van der Waals surface area contributed by atoms with Crippen LogP contribution in [0.4, 0.5) is 0 Å². The number of thiophene rings is 1. The quantitative estimate of drug-likeness (QED) is 0.876. The maximum absolute atomic E-state index is 11.0. The Balaban J connectivity index is 2.10. The van der Waals surface area contributed by atoms with Crippen molar-refractivity contribution in [3.63, 3.8) is 0 Å². The molecule has 0 atom stereocenters. The summed E-state index contributed by atoms with van der Waals surface area (Å²) in [5, 5.41) is 10.6. The summed E-state index contributed by atoms with van der Waals surface area (Å²) in [5.74, 6) is -1.21. The zero-order valence-corrected chi connectivity index (χ0v) is 10.6. The van der Waals surface area contributed by atoms with Crippen LogP contribution in [0.5, 0.6) is 5.75 Å². The number of hydrogen-bond acceptors (Lipinski definition) is 4. The van der Waals surface area contributed by atoms with Gasteiger partial charge in [-0.3, -0.25) is 4.79 Å². The number of ether oxygens (including phenoxy) is 1. The Kier molecular flexibility index (Phi) is 3.82. The molecule has 98 valence electrons. The van der Waals surface area contributed by atoms with Crippen LogP contribution >= 0.6 is 11.3 Å². The molecule has 0 aliphatic carbocycles. The molecule has 3 N–H and O–H groups in total. The van der Waals surface area contributed by atoms with Gasteiger partial charge in [0.1, 0.15) is 12.4 Å². The Labute approximate surface area is 113 Å². The Hall–Kier alpha value is -2.34. The van der Waals surface area contributed by atoms with Crippen LogP contribution in [0.3, 0.4) is 0 Å². The molecule has 0 spiro atoms. The molecule has 1 amide bonds. The van der Waals surface area contributed by atoms with Crippen molar-refractivity contribution in [1.82, 2.24) is 0 Å². The summed E-state index contributed by atoms with van der Waals surface area (Å²) in [6.45, 7) is 0.179. The summed E-state index contributed by atoms with van der Waals surface area (Å²) in [5.41, 5.74) is 6.32. The van der Waals surface area contributed by atoms with Gasteiger partial charge in [0, 0.05) is 5.56 Å². The Bertz CT molecular complexity index is 621. The van der Waals surface area contributed by atoms with Gasteiger partial charge >= 0.3 is 5.97 Å². The zero-order valence-electron chi connectivity index (χ0n) is 9.83. The van der Waals surface area contributed by atoms with Gasteiger partial charge in [-0.15, -0.1) is 11.3 Å². The number of hydrogen-bond donors (Lipinski definition) is 2. The van der Waals surface area contributed by atoms with Crippen LogP contribution in [-0.2, 0) is 6.61 Å². The molecule has 0 radical (unpaired) electrons. The van der Waals surface area contributed by atoms with E-state index >= 15 is 0 Å². The normalized spacial score (nSPS) is 10.1. The largest absolute Gasteiger partial charge is 0.487 e. The first kappa shape index (κ1) is 13.1. The molecule has 0 aliphatic rings. The summed E-state index contributed by atoms with van der Waals surface area (Å²) in [7, 11) is 0. The predicted octanol–water partition coefficient (Wildman–Crippen LogP) is 2.12. The highest BCUT2D eigenvalue weighted by Crippen LogP contribution is 2.25. The molecule has 2 rings (SSSR count). The van der Waals surface area contributed by atoms with Gasteiger partial charge in [-0.25, -0.2) is 4.79 Å². The highest BCUT2D eigenvalue weighted by atomic mass is 32.1. The highest BCUT2D eigenvalue weighted by Gasteiger charge is 2.13. The second-order valence-corrected chi connectivity index (χ2v) is 4.69. The van der Waals surface area contributed by atoms with Crippen LogP contribution in [0.2, 0.25) is 0 Å². The molecule has 1 aromatic heterocycles. The van der Waals surface area contributed by atoms with E-state index in [-0.39, 0.29) is 11.5 Å². The van der Waals surface area contributed by atoms with Crippen LogP contribution in [0.15, 0.2) is 35.7 Å². The van der Waals surface area contributed by atoms with E-state index in [1.807, 2.05) is 0 Å². The molecule has 0 saturated carbocycles. The third kappa shape index (κ3) is 3.11. The average Bonchev–Trinajstić information content (AvgIpc) is 2.85. The Morgan fingerprint density at radius 2 is 2.11 bits per heavy atom. The number of nitrogens with two attached hydrogens (primary N) is 1. The zero-order chi connectivity index (χ0) is 13.8. The lowest BCUT2D eigenvalue weighted by Gasteiger charge is -2.06. The Morgan fingerprint density at radius 3 is 2.79 bits per heavy atom. The lowest BCUT2D eigenvalue weighted by molar-refractivity contribution is 0.0697. The molecule has 0 fully saturated rings. The molecule has 1 heterocycles. The molecular weight excluding hydrogens is 266 g/mol. The fourth-order valence-electron chi connectivity index (χ4n) is 1.54. The summed E-state index contributed by atoms with van der Waals surface area (Å²) < 4.78 is 5.44. The van der Waals surface area contributed by atoms with E-state index in [0.29, 0.717) is 11.3 Å². The van der Waals surface area contributed by atoms with Crippen molar-refractivity contribution in [3.05, 3.63) is 51.7 Å². The number of carbonyl (C=O) groups is 2. The molecule has 5 nitrogen and oxygen atoms in total. The van der Waals surface area contributed by atoms with Crippen molar-refractivity contribution in [2.45, 2.75) is 6.61 Å². The van der Waals surface area contributed by atoms with E-state index in [0.717, 1.165) is 16.9 Å². The van der Waals surface area contributed by atoms with Crippen LogP contribution in [0.1, 0.15) is 25.6 Å². The van der Waals surface area contributed by atoms with Gasteiger partial charge in [-0.1, -0.05) is 12.1 Å². The lowest BCUT2D eigenvalue weighted by Crippen LogP contribution is -2.11. The minimum atomic E-state index is -1.02. The number of carboxylic acid groups (broad SMARTS) is 1. The van der Waals surface area contributed by atoms with Gasteiger partial charge in [0.25, 0.3) is 0 Å². The maximum Gasteiger partial charge on any atom is 0.349 e. The lowest BCUT2D eigenvalue weighted by atomic mass is 10.1. The average molecular weight is 277 g/mol. The number of amides is 1. The second-order valence-electron chi connectivity index (χ2n) is 3.77. The number of primary amides is 1. The second kappa shape index (κ2) is 5.53. The third-order valence-corrected chi connectivity index (χ3v) is 3.31. The van der Waals surface area contributed by atoms with Crippen LogP contribution in [0.25, 0.3) is 0 Å². The van der Waals surface area contributed by atoms with Crippen molar-refractivity contribution in [2.24, 2.45) is 5.73 Å². The van der Waals surface area contributed by atoms with Gasteiger partial charge in [0.2, 0.25) is 5.91 Å². The summed E-state index contributed by atoms with van der Waals surface area (Å²) in [6, 6.07) is 8.31. The van der Waals surface area contributed by atoms with Crippen molar-refractivity contribution in [1.29, 1.82) is 0 Å². The van der Waals surface area contributed by atoms with Gasteiger partial charge in [-0.05, 0) is 29.1 Å². The molecule has 0 saturated heterocycles. The fraction of sp³-hybridized carbons (Fsp3) is 0.0769.